The van der Waals surface area contributed by atoms with Gasteiger partial charge in [0.1, 0.15) is 18.4 Å². The van der Waals surface area contributed by atoms with E-state index in [2.05, 4.69) is 28.1 Å². The molecule has 0 saturated heterocycles. The Labute approximate surface area is 222 Å². The molecule has 4 aromatic rings. The van der Waals surface area contributed by atoms with E-state index in [1.54, 1.807) is 0 Å². The van der Waals surface area contributed by atoms with Gasteiger partial charge in [-0.15, -0.1) is 0 Å². The molecule has 6 nitrogen and oxygen atoms in total. The van der Waals surface area contributed by atoms with E-state index in [-0.39, 0.29) is 12.3 Å². The number of amides is 1. The number of carboxylic acid groups (broad SMARTS) is 1. The zero-order valence-corrected chi connectivity index (χ0v) is 21.4. The number of ether oxygens (including phenoxy) is 1. The van der Waals surface area contributed by atoms with Crippen molar-refractivity contribution in [1.82, 2.24) is 9.88 Å². The predicted molar refractivity (Wildman–Crippen MR) is 148 cm³/mol. The number of aromatic nitrogens is 1. The molecule has 1 aliphatic carbocycles. The summed E-state index contributed by atoms with van der Waals surface area (Å²) < 4.78 is 8.43. The van der Waals surface area contributed by atoms with Gasteiger partial charge in [-0.05, 0) is 54.2 Å². The zero-order valence-electron chi connectivity index (χ0n) is 21.4. The molecule has 0 radical (unpaired) electrons. The van der Waals surface area contributed by atoms with E-state index in [1.165, 1.54) is 35.9 Å². The zero-order chi connectivity index (χ0) is 26.1. The van der Waals surface area contributed by atoms with Gasteiger partial charge < -0.3 is 19.7 Å². The van der Waals surface area contributed by atoms with Crippen molar-refractivity contribution in [3.8, 4) is 17.0 Å². The molecule has 1 aromatic heterocycles. The minimum atomic E-state index is -1.05. The first-order chi connectivity index (χ1) is 18.6. The summed E-state index contributed by atoms with van der Waals surface area (Å²) in [5, 5.41) is 13.7. The molecule has 6 heteroatoms. The lowest BCUT2D eigenvalue weighted by molar-refractivity contribution is -0.139. The number of nitrogens with zero attached hydrogens (tertiary/aromatic N) is 1. The maximum atomic E-state index is 13.3. The third kappa shape index (κ3) is 4.55. The molecule has 6 rings (SSSR count). The number of hydrogen-bond acceptors (Lipinski definition) is 3. The lowest BCUT2D eigenvalue weighted by atomic mass is 9.81. The molecule has 1 fully saturated rings. The van der Waals surface area contributed by atoms with Crippen LogP contribution in [0.3, 0.4) is 0 Å². The number of aliphatic carboxylic acids is 1. The Kier molecular flexibility index (Phi) is 6.62. The summed E-state index contributed by atoms with van der Waals surface area (Å²) in [6.07, 6.45) is 6.29. The fraction of sp³-hybridized carbons (Fsp3) is 0.312. The Morgan fingerprint density at radius 2 is 1.74 bits per heavy atom. The molecular formula is C32H32N2O4. The molecule has 2 aliphatic rings. The smallest absolute Gasteiger partial charge is 0.326 e. The highest BCUT2D eigenvalue weighted by Gasteiger charge is 2.30. The summed E-state index contributed by atoms with van der Waals surface area (Å²) in [6, 6.07) is 22.4. The van der Waals surface area contributed by atoms with E-state index in [0.717, 1.165) is 35.2 Å². The van der Waals surface area contributed by atoms with E-state index >= 15 is 0 Å². The van der Waals surface area contributed by atoms with Gasteiger partial charge in [-0.2, -0.15) is 0 Å². The summed E-state index contributed by atoms with van der Waals surface area (Å²) in [5.41, 5.74) is 5.99. The van der Waals surface area contributed by atoms with Gasteiger partial charge in [-0.25, -0.2) is 4.79 Å². The van der Waals surface area contributed by atoms with Crippen LogP contribution in [0.1, 0.15) is 59.5 Å². The summed E-state index contributed by atoms with van der Waals surface area (Å²) >= 11 is 0. The van der Waals surface area contributed by atoms with Crippen LogP contribution in [0.15, 0.2) is 72.8 Å². The second-order valence-electron chi connectivity index (χ2n) is 10.4. The fourth-order valence-corrected chi connectivity index (χ4v) is 6.17. The fourth-order valence-electron chi connectivity index (χ4n) is 6.17. The monoisotopic (exact) mass is 508 g/mol. The number of carboxylic acids is 1. The molecule has 0 spiro atoms. The Hall–Kier alpha value is -4.06. The standard InChI is InChI=1S/C32H32N2O4/c35-31(33-26(32(36)37)19-21-9-3-1-4-10-21)23-15-16-24-27(20-23)34-17-18-38-28-14-8-7-13-25(28)30(34)29(24)22-11-5-2-6-12-22/h1,3-4,7-10,13-16,20,22,26H,2,5-6,11-12,17-19H2,(H,33,35)(H,36,37). The Morgan fingerprint density at radius 1 is 0.974 bits per heavy atom. The molecular weight excluding hydrogens is 476 g/mol. The summed E-state index contributed by atoms with van der Waals surface area (Å²) in [5.74, 6) is -0.0617. The molecule has 1 amide bonds. The number of nitrogens with one attached hydrogen (secondary N) is 1. The number of para-hydroxylation sites is 1. The number of fused-ring (bicyclic) bond motifs is 5. The molecule has 0 bridgehead atoms. The van der Waals surface area contributed by atoms with Gasteiger partial charge in [0.25, 0.3) is 5.91 Å². The molecule has 194 valence electrons. The highest BCUT2D eigenvalue weighted by atomic mass is 16.5. The van der Waals surface area contributed by atoms with Crippen molar-refractivity contribution in [2.24, 2.45) is 0 Å². The van der Waals surface area contributed by atoms with Gasteiger partial charge in [0.15, 0.2) is 0 Å². The van der Waals surface area contributed by atoms with Gasteiger partial charge >= 0.3 is 5.97 Å². The molecule has 1 unspecified atom stereocenters. The lowest BCUT2D eigenvalue weighted by Gasteiger charge is -2.23. The molecule has 1 atom stereocenters. The first kappa shape index (κ1) is 24.3. The second kappa shape index (κ2) is 10.4. The Bertz CT molecular complexity index is 1480. The SMILES string of the molecule is O=C(NC(Cc1ccccc1)C(=O)O)c1ccc2c(C3CCCCC3)c3n(c2c1)CCOc1ccccc1-3. The van der Waals surface area contributed by atoms with Crippen molar-refractivity contribution in [2.45, 2.75) is 57.0 Å². The number of carbonyl (C=O) groups is 2. The van der Waals surface area contributed by atoms with Crippen molar-refractivity contribution in [3.05, 3.63) is 89.5 Å². The van der Waals surface area contributed by atoms with Crippen LogP contribution in [0.4, 0.5) is 0 Å². The average molecular weight is 509 g/mol. The molecule has 3 aromatic carbocycles. The third-order valence-corrected chi connectivity index (χ3v) is 7.98. The van der Waals surface area contributed by atoms with Crippen LogP contribution >= 0.6 is 0 Å². The number of hydrogen-bond donors (Lipinski definition) is 2. The largest absolute Gasteiger partial charge is 0.491 e. The van der Waals surface area contributed by atoms with Crippen LogP contribution in [0.2, 0.25) is 0 Å². The molecule has 38 heavy (non-hydrogen) atoms. The van der Waals surface area contributed by atoms with Gasteiger partial charge in [0.2, 0.25) is 0 Å². The van der Waals surface area contributed by atoms with Crippen molar-refractivity contribution >= 4 is 22.8 Å². The van der Waals surface area contributed by atoms with E-state index in [1.807, 2.05) is 54.6 Å². The normalized spacial score (nSPS) is 16.1. The van der Waals surface area contributed by atoms with Crippen molar-refractivity contribution in [3.63, 3.8) is 0 Å². The van der Waals surface area contributed by atoms with E-state index in [9.17, 15) is 14.7 Å². The van der Waals surface area contributed by atoms with Crippen molar-refractivity contribution in [2.75, 3.05) is 6.61 Å². The highest BCUT2D eigenvalue weighted by Crippen LogP contribution is 2.47. The van der Waals surface area contributed by atoms with E-state index in [4.69, 9.17) is 4.74 Å². The van der Waals surface area contributed by atoms with Gasteiger partial charge in [0.05, 0.1) is 12.2 Å². The van der Waals surface area contributed by atoms with Crippen LogP contribution in [0, 0.1) is 0 Å². The lowest BCUT2D eigenvalue weighted by Crippen LogP contribution is -2.42. The highest BCUT2D eigenvalue weighted by molar-refractivity contribution is 6.02. The third-order valence-electron chi connectivity index (χ3n) is 7.98. The minimum absolute atomic E-state index is 0.227. The summed E-state index contributed by atoms with van der Waals surface area (Å²) in [6.45, 7) is 1.23. The van der Waals surface area contributed by atoms with E-state index in [0.29, 0.717) is 24.6 Å². The van der Waals surface area contributed by atoms with Crippen LogP contribution in [0.25, 0.3) is 22.2 Å². The molecule has 1 saturated carbocycles. The molecule has 2 N–H and O–H groups in total. The van der Waals surface area contributed by atoms with Gasteiger partial charge in [0, 0.05) is 28.5 Å². The van der Waals surface area contributed by atoms with Crippen LogP contribution in [-0.2, 0) is 17.8 Å². The molecule has 2 heterocycles. The minimum Gasteiger partial charge on any atom is -0.491 e. The maximum Gasteiger partial charge on any atom is 0.326 e. The summed E-state index contributed by atoms with van der Waals surface area (Å²) in [7, 11) is 0. The van der Waals surface area contributed by atoms with Gasteiger partial charge in [-0.1, -0.05) is 67.8 Å². The number of rotatable bonds is 6. The summed E-state index contributed by atoms with van der Waals surface area (Å²) in [4.78, 5) is 25.3. The Morgan fingerprint density at radius 3 is 2.53 bits per heavy atom. The topological polar surface area (TPSA) is 80.6 Å². The average Bonchev–Trinajstić information content (AvgIpc) is 3.14. The van der Waals surface area contributed by atoms with Crippen LogP contribution < -0.4 is 10.1 Å². The predicted octanol–water partition coefficient (Wildman–Crippen LogP) is 6.17. The van der Waals surface area contributed by atoms with Crippen LogP contribution in [0.5, 0.6) is 5.75 Å². The Balaban J connectivity index is 1.41. The van der Waals surface area contributed by atoms with Crippen LogP contribution in [-0.4, -0.2) is 34.2 Å². The number of carbonyl (C=O) groups excluding carboxylic acids is 1. The van der Waals surface area contributed by atoms with Crippen molar-refractivity contribution in [1.29, 1.82) is 0 Å². The quantitative estimate of drug-likeness (QED) is 0.326. The molecule has 1 aliphatic heterocycles. The second-order valence-corrected chi connectivity index (χ2v) is 10.4. The first-order valence-corrected chi connectivity index (χ1v) is 13.6. The maximum absolute atomic E-state index is 13.3. The van der Waals surface area contributed by atoms with Gasteiger partial charge in [-0.3, -0.25) is 4.79 Å². The van der Waals surface area contributed by atoms with E-state index < -0.39 is 12.0 Å². The van der Waals surface area contributed by atoms with Crippen molar-refractivity contribution < 1.29 is 19.4 Å². The number of benzene rings is 3. The first-order valence-electron chi connectivity index (χ1n) is 13.6.